The van der Waals surface area contributed by atoms with Gasteiger partial charge >= 0.3 is 0 Å². The minimum Gasteiger partial charge on any atom is -0.242 e. The topological polar surface area (TPSA) is 29.1 Å². The largest absolute Gasteiger partial charge is 0.242 e. The first kappa shape index (κ1) is 15.7. The van der Waals surface area contributed by atoms with Gasteiger partial charge in [-0.2, -0.15) is 0 Å². The predicted molar refractivity (Wildman–Crippen MR) is 82.3 cm³/mol. The van der Waals surface area contributed by atoms with Crippen LogP contribution in [0.25, 0.3) is 0 Å². The van der Waals surface area contributed by atoms with Crippen molar-refractivity contribution in [1.82, 2.24) is 4.72 Å². The zero-order valence-electron chi connectivity index (χ0n) is 11.8. The molecule has 1 N–H and O–H groups in total. The molecule has 0 bridgehead atoms. The number of benzene rings is 1. The lowest BCUT2D eigenvalue weighted by Gasteiger charge is -2.22. The van der Waals surface area contributed by atoms with Gasteiger partial charge in [-0.05, 0) is 51.1 Å². The quantitative estimate of drug-likeness (QED) is 0.831. The second-order valence-corrected chi connectivity index (χ2v) is 8.56. The third kappa shape index (κ3) is 4.75. The Bertz CT molecular complexity index is 395. The lowest BCUT2D eigenvalue weighted by Crippen LogP contribution is -2.34. The Kier molecular flexibility index (Phi) is 5.89. The maximum absolute atomic E-state index is 12.0. The molecule has 0 fully saturated rings. The Morgan fingerprint density at radius 1 is 1.28 bits per heavy atom. The van der Waals surface area contributed by atoms with Crippen molar-refractivity contribution in [3.63, 3.8) is 0 Å². The molecule has 1 aromatic rings. The van der Waals surface area contributed by atoms with E-state index in [1.54, 1.807) is 0 Å². The minimum absolute atomic E-state index is 0.103. The van der Waals surface area contributed by atoms with Crippen molar-refractivity contribution < 1.29 is 4.21 Å². The standard InChI is InChI=1S/C14H23NOS2/c1-6-17-13-9-7-12(8-10-13)11(2)15-18(16)14(3,4)5/h7-11,15H,6H2,1-5H3/t11-,18?/m0/s1. The number of hydrogen-bond donors (Lipinski definition) is 1. The number of thioether (sulfide) groups is 1. The Hall–Kier alpha value is -0.320. The van der Waals surface area contributed by atoms with E-state index in [1.165, 1.54) is 10.5 Å². The maximum atomic E-state index is 12.0. The first-order valence-corrected chi connectivity index (χ1v) is 8.39. The van der Waals surface area contributed by atoms with E-state index < -0.39 is 11.0 Å². The average molecular weight is 285 g/mol. The van der Waals surface area contributed by atoms with Crippen LogP contribution in [0.2, 0.25) is 0 Å². The van der Waals surface area contributed by atoms with Crippen molar-refractivity contribution >= 4 is 22.7 Å². The van der Waals surface area contributed by atoms with Crippen molar-refractivity contribution in [1.29, 1.82) is 0 Å². The average Bonchev–Trinajstić information content (AvgIpc) is 2.29. The maximum Gasteiger partial charge on any atom is 0.0975 e. The SMILES string of the molecule is CCSc1ccc([C@H](C)NS(=O)C(C)(C)C)cc1. The van der Waals surface area contributed by atoms with Gasteiger partial charge < -0.3 is 0 Å². The van der Waals surface area contributed by atoms with Gasteiger partial charge in [0.05, 0.1) is 15.7 Å². The van der Waals surface area contributed by atoms with E-state index in [4.69, 9.17) is 0 Å². The van der Waals surface area contributed by atoms with Gasteiger partial charge in [0.25, 0.3) is 0 Å². The molecule has 2 nitrogen and oxygen atoms in total. The summed E-state index contributed by atoms with van der Waals surface area (Å²) in [5.74, 6) is 1.08. The Balaban J connectivity index is 2.67. The molecule has 2 atom stereocenters. The molecule has 0 radical (unpaired) electrons. The van der Waals surface area contributed by atoms with Crippen molar-refractivity contribution in [2.75, 3.05) is 5.75 Å². The van der Waals surface area contributed by atoms with Gasteiger partial charge in [-0.25, -0.2) is 8.93 Å². The molecule has 102 valence electrons. The van der Waals surface area contributed by atoms with Crippen molar-refractivity contribution in [2.45, 2.75) is 50.3 Å². The molecule has 0 heterocycles. The van der Waals surface area contributed by atoms with E-state index in [-0.39, 0.29) is 10.8 Å². The number of rotatable bonds is 5. The van der Waals surface area contributed by atoms with Gasteiger partial charge in [-0.3, -0.25) is 0 Å². The zero-order valence-corrected chi connectivity index (χ0v) is 13.5. The second-order valence-electron chi connectivity index (χ2n) is 5.22. The van der Waals surface area contributed by atoms with E-state index in [1.807, 2.05) is 39.5 Å². The summed E-state index contributed by atoms with van der Waals surface area (Å²) in [4.78, 5) is 1.28. The monoisotopic (exact) mass is 285 g/mol. The molecule has 4 heteroatoms. The van der Waals surface area contributed by atoms with Gasteiger partial charge in [0.15, 0.2) is 0 Å². The van der Waals surface area contributed by atoms with E-state index in [9.17, 15) is 4.21 Å². The molecule has 1 aromatic carbocycles. The number of nitrogens with one attached hydrogen (secondary N) is 1. The van der Waals surface area contributed by atoms with Crippen LogP contribution in [0.1, 0.15) is 46.2 Å². The Morgan fingerprint density at radius 2 is 1.83 bits per heavy atom. The van der Waals surface area contributed by atoms with E-state index in [0.29, 0.717) is 0 Å². The first-order valence-electron chi connectivity index (χ1n) is 6.25. The summed E-state index contributed by atoms with van der Waals surface area (Å²) in [7, 11) is -1.03. The normalized spacial score (nSPS) is 15.4. The summed E-state index contributed by atoms with van der Waals surface area (Å²) in [6.07, 6.45) is 0. The fourth-order valence-electron chi connectivity index (χ4n) is 1.42. The Morgan fingerprint density at radius 3 is 2.28 bits per heavy atom. The highest BCUT2D eigenvalue weighted by Gasteiger charge is 2.21. The zero-order chi connectivity index (χ0) is 13.8. The summed E-state index contributed by atoms with van der Waals surface area (Å²) in [6, 6.07) is 8.57. The third-order valence-electron chi connectivity index (χ3n) is 2.53. The molecule has 0 spiro atoms. The van der Waals surface area contributed by atoms with Crippen LogP contribution in [0.15, 0.2) is 29.2 Å². The highest BCUT2D eigenvalue weighted by Crippen LogP contribution is 2.21. The van der Waals surface area contributed by atoms with Gasteiger partial charge in [0, 0.05) is 10.9 Å². The summed E-state index contributed by atoms with van der Waals surface area (Å²) < 4.78 is 14.9. The molecule has 0 saturated carbocycles. The van der Waals surface area contributed by atoms with Crippen LogP contribution in [-0.2, 0) is 11.0 Å². The molecule has 0 aliphatic heterocycles. The van der Waals surface area contributed by atoms with Crippen molar-refractivity contribution in [2.24, 2.45) is 0 Å². The smallest absolute Gasteiger partial charge is 0.0975 e. The summed E-state index contributed by atoms with van der Waals surface area (Å²) in [6.45, 7) is 10.1. The van der Waals surface area contributed by atoms with Crippen molar-refractivity contribution in [3.05, 3.63) is 29.8 Å². The van der Waals surface area contributed by atoms with Crippen LogP contribution in [0.5, 0.6) is 0 Å². The summed E-state index contributed by atoms with van der Waals surface area (Å²) in [5, 5.41) is 0. The van der Waals surface area contributed by atoms with Crippen LogP contribution < -0.4 is 4.72 Å². The molecule has 0 aliphatic rings. The van der Waals surface area contributed by atoms with Crippen LogP contribution in [0.3, 0.4) is 0 Å². The van der Waals surface area contributed by atoms with Gasteiger partial charge in [0.1, 0.15) is 0 Å². The molecular weight excluding hydrogens is 262 g/mol. The van der Waals surface area contributed by atoms with E-state index in [2.05, 4.69) is 35.9 Å². The second kappa shape index (κ2) is 6.73. The molecule has 0 saturated heterocycles. The fourth-order valence-corrected chi connectivity index (χ4v) is 2.90. The highest BCUT2D eigenvalue weighted by atomic mass is 32.2. The van der Waals surface area contributed by atoms with Crippen LogP contribution in [-0.4, -0.2) is 14.7 Å². The fraction of sp³-hybridized carbons (Fsp3) is 0.571. The predicted octanol–water partition coefficient (Wildman–Crippen LogP) is 3.91. The lowest BCUT2D eigenvalue weighted by molar-refractivity contribution is 0.616. The molecule has 0 aromatic heterocycles. The van der Waals surface area contributed by atoms with E-state index in [0.717, 1.165) is 5.75 Å². The first-order chi connectivity index (χ1) is 8.34. The van der Waals surface area contributed by atoms with Crippen LogP contribution in [0.4, 0.5) is 0 Å². The molecule has 0 amide bonds. The minimum atomic E-state index is -1.03. The molecular formula is C14H23NOS2. The molecule has 18 heavy (non-hydrogen) atoms. The number of hydrogen-bond acceptors (Lipinski definition) is 2. The third-order valence-corrected chi connectivity index (χ3v) is 5.11. The lowest BCUT2D eigenvalue weighted by atomic mass is 10.1. The van der Waals surface area contributed by atoms with Crippen LogP contribution >= 0.6 is 11.8 Å². The van der Waals surface area contributed by atoms with Gasteiger partial charge in [-0.15, -0.1) is 11.8 Å². The van der Waals surface area contributed by atoms with E-state index >= 15 is 0 Å². The van der Waals surface area contributed by atoms with Crippen molar-refractivity contribution in [3.8, 4) is 0 Å². The van der Waals surface area contributed by atoms with Gasteiger partial charge in [0.2, 0.25) is 0 Å². The molecule has 1 unspecified atom stereocenters. The van der Waals surface area contributed by atoms with Crippen LogP contribution in [0, 0.1) is 0 Å². The molecule has 0 aliphatic carbocycles. The molecule has 1 rings (SSSR count). The Labute approximate surface area is 118 Å². The highest BCUT2D eigenvalue weighted by molar-refractivity contribution is 7.99. The summed E-state index contributed by atoms with van der Waals surface area (Å²) in [5.41, 5.74) is 1.17. The van der Waals surface area contributed by atoms with Gasteiger partial charge in [-0.1, -0.05) is 19.1 Å². The summed E-state index contributed by atoms with van der Waals surface area (Å²) >= 11 is 1.83.